The summed E-state index contributed by atoms with van der Waals surface area (Å²) >= 11 is 0. The SMILES string of the molecule is CCCCCCC=Cc1cc(NC(=O)CCC(=O)c2ccc3c(c2)CCO3)nc(-c2ccccc2)c1. The lowest BCUT2D eigenvalue weighted by molar-refractivity contribution is -0.116. The number of nitrogens with zero attached hydrogens (tertiary/aromatic N) is 1. The van der Waals surface area contributed by atoms with Gasteiger partial charge in [0.2, 0.25) is 5.91 Å². The largest absolute Gasteiger partial charge is 0.493 e. The van der Waals surface area contributed by atoms with Gasteiger partial charge in [0, 0.05) is 30.4 Å². The molecule has 4 rings (SSSR count). The highest BCUT2D eigenvalue weighted by atomic mass is 16.5. The molecule has 1 aliphatic rings. The summed E-state index contributed by atoms with van der Waals surface area (Å²) in [6.07, 6.45) is 11.3. The van der Waals surface area contributed by atoms with Crippen LogP contribution in [-0.2, 0) is 11.2 Å². The average molecular weight is 483 g/mol. The number of unbranched alkanes of at least 4 members (excludes halogenated alkanes) is 4. The van der Waals surface area contributed by atoms with E-state index in [2.05, 4.69) is 29.4 Å². The lowest BCUT2D eigenvalue weighted by Gasteiger charge is -2.09. The molecule has 0 bridgehead atoms. The van der Waals surface area contributed by atoms with Gasteiger partial charge in [-0.2, -0.15) is 0 Å². The van der Waals surface area contributed by atoms with Crippen LogP contribution in [0.1, 0.15) is 73.4 Å². The maximum Gasteiger partial charge on any atom is 0.225 e. The molecule has 0 radical (unpaired) electrons. The van der Waals surface area contributed by atoms with Crippen LogP contribution >= 0.6 is 0 Å². The summed E-state index contributed by atoms with van der Waals surface area (Å²) in [4.78, 5) is 30.0. The summed E-state index contributed by atoms with van der Waals surface area (Å²) in [5.41, 5.74) is 4.46. The van der Waals surface area contributed by atoms with E-state index in [1.807, 2.05) is 54.6 Å². The number of rotatable bonds is 12. The Labute approximate surface area is 213 Å². The van der Waals surface area contributed by atoms with E-state index in [0.29, 0.717) is 18.0 Å². The molecule has 0 atom stereocenters. The first-order chi connectivity index (χ1) is 17.6. The molecule has 1 amide bonds. The number of Topliss-reactive ketones (excluding diaryl/α,β-unsaturated/α-hetero) is 1. The van der Waals surface area contributed by atoms with Crippen LogP contribution in [0.25, 0.3) is 17.3 Å². The maximum absolute atomic E-state index is 12.7. The van der Waals surface area contributed by atoms with Gasteiger partial charge in [-0.05, 0) is 54.3 Å². The third kappa shape index (κ3) is 7.14. The number of fused-ring (bicyclic) bond motifs is 1. The zero-order valence-electron chi connectivity index (χ0n) is 21.0. The Morgan fingerprint density at radius 2 is 1.86 bits per heavy atom. The zero-order chi connectivity index (χ0) is 25.2. The molecule has 0 saturated heterocycles. The number of aromatic nitrogens is 1. The van der Waals surface area contributed by atoms with Gasteiger partial charge in [0.15, 0.2) is 5.78 Å². The van der Waals surface area contributed by atoms with Gasteiger partial charge in [-0.3, -0.25) is 9.59 Å². The monoisotopic (exact) mass is 482 g/mol. The van der Waals surface area contributed by atoms with Crippen molar-refractivity contribution in [2.45, 2.75) is 58.3 Å². The van der Waals surface area contributed by atoms with Crippen molar-refractivity contribution in [3.8, 4) is 17.0 Å². The molecule has 186 valence electrons. The van der Waals surface area contributed by atoms with E-state index in [-0.39, 0.29) is 24.5 Å². The Bertz CT molecular complexity index is 1220. The molecule has 3 aromatic rings. The summed E-state index contributed by atoms with van der Waals surface area (Å²) in [6.45, 7) is 2.87. The van der Waals surface area contributed by atoms with Gasteiger partial charge in [-0.25, -0.2) is 4.98 Å². The summed E-state index contributed by atoms with van der Waals surface area (Å²) in [5.74, 6) is 1.08. The van der Waals surface area contributed by atoms with Gasteiger partial charge >= 0.3 is 0 Å². The minimum atomic E-state index is -0.222. The van der Waals surface area contributed by atoms with Crippen LogP contribution in [0.5, 0.6) is 5.75 Å². The number of pyridine rings is 1. The highest BCUT2D eigenvalue weighted by molar-refractivity contribution is 6.00. The molecule has 5 heteroatoms. The number of amides is 1. The van der Waals surface area contributed by atoms with Gasteiger partial charge in [0.1, 0.15) is 11.6 Å². The molecule has 0 aliphatic carbocycles. The summed E-state index contributed by atoms with van der Waals surface area (Å²) < 4.78 is 5.51. The molecule has 2 heterocycles. The van der Waals surface area contributed by atoms with Crippen molar-refractivity contribution in [1.29, 1.82) is 0 Å². The first-order valence-corrected chi connectivity index (χ1v) is 12.9. The highest BCUT2D eigenvalue weighted by Crippen LogP contribution is 2.27. The standard InChI is InChI=1S/C31H34N2O3/c1-2-3-4-5-6-8-11-23-20-27(24-12-9-7-10-13-24)32-30(21-23)33-31(35)17-15-28(34)25-14-16-29-26(22-25)18-19-36-29/h7-14,16,20-22H,2-6,15,17-19H2,1H3,(H,32,33,35). The van der Waals surface area contributed by atoms with Gasteiger partial charge in [0.25, 0.3) is 0 Å². The van der Waals surface area contributed by atoms with Crippen molar-refractivity contribution in [3.63, 3.8) is 0 Å². The van der Waals surface area contributed by atoms with Gasteiger partial charge in [-0.1, -0.05) is 68.7 Å². The van der Waals surface area contributed by atoms with E-state index in [4.69, 9.17) is 4.74 Å². The van der Waals surface area contributed by atoms with Crippen LogP contribution in [-0.4, -0.2) is 23.3 Å². The van der Waals surface area contributed by atoms with Gasteiger partial charge < -0.3 is 10.1 Å². The fourth-order valence-electron chi connectivity index (χ4n) is 4.31. The Morgan fingerprint density at radius 1 is 1.00 bits per heavy atom. The predicted octanol–water partition coefficient (Wildman–Crippen LogP) is 7.27. The van der Waals surface area contributed by atoms with Crippen molar-refractivity contribution in [3.05, 3.63) is 83.4 Å². The molecule has 1 aliphatic heterocycles. The van der Waals surface area contributed by atoms with Crippen LogP contribution in [0.4, 0.5) is 5.82 Å². The first kappa shape index (κ1) is 25.4. The van der Waals surface area contributed by atoms with Crippen LogP contribution in [0.15, 0.2) is 66.7 Å². The second-order valence-electron chi connectivity index (χ2n) is 9.18. The molecule has 1 N–H and O–H groups in total. The van der Waals surface area contributed by atoms with E-state index < -0.39 is 0 Å². The van der Waals surface area contributed by atoms with Gasteiger partial charge in [-0.15, -0.1) is 0 Å². The van der Waals surface area contributed by atoms with Crippen molar-refractivity contribution in [2.24, 2.45) is 0 Å². The predicted molar refractivity (Wildman–Crippen MR) is 145 cm³/mol. The third-order valence-corrected chi connectivity index (χ3v) is 6.31. The number of allylic oxidation sites excluding steroid dienone is 1. The van der Waals surface area contributed by atoms with Crippen molar-refractivity contribution in [2.75, 3.05) is 11.9 Å². The summed E-state index contributed by atoms with van der Waals surface area (Å²) in [5, 5.41) is 2.90. The average Bonchev–Trinajstić information content (AvgIpc) is 3.38. The number of hydrogen-bond donors (Lipinski definition) is 1. The number of hydrogen-bond acceptors (Lipinski definition) is 4. The molecule has 0 saturated carbocycles. The van der Waals surface area contributed by atoms with Crippen molar-refractivity contribution < 1.29 is 14.3 Å². The number of carbonyl (C=O) groups is 2. The minimum absolute atomic E-state index is 0.0439. The van der Waals surface area contributed by atoms with Crippen molar-refractivity contribution >= 4 is 23.6 Å². The fraction of sp³-hybridized carbons (Fsp3) is 0.323. The van der Waals surface area contributed by atoms with Crippen molar-refractivity contribution in [1.82, 2.24) is 4.98 Å². The van der Waals surface area contributed by atoms with Crippen LogP contribution < -0.4 is 10.1 Å². The topological polar surface area (TPSA) is 68.3 Å². The quantitative estimate of drug-likeness (QED) is 0.218. The zero-order valence-corrected chi connectivity index (χ0v) is 21.0. The molecule has 0 fully saturated rings. The summed E-state index contributed by atoms with van der Waals surface area (Å²) in [7, 11) is 0. The molecule has 0 spiro atoms. The Hall–Kier alpha value is -3.73. The molecular formula is C31H34N2O3. The number of ketones is 1. The number of anilines is 1. The lowest BCUT2D eigenvalue weighted by Crippen LogP contribution is -2.14. The van der Waals surface area contributed by atoms with Crippen LogP contribution in [0.3, 0.4) is 0 Å². The Balaban J connectivity index is 1.40. The Morgan fingerprint density at radius 3 is 2.69 bits per heavy atom. The second-order valence-corrected chi connectivity index (χ2v) is 9.18. The van der Waals surface area contributed by atoms with E-state index in [0.717, 1.165) is 41.0 Å². The third-order valence-electron chi connectivity index (χ3n) is 6.31. The minimum Gasteiger partial charge on any atom is -0.493 e. The van der Waals surface area contributed by atoms with E-state index >= 15 is 0 Å². The van der Waals surface area contributed by atoms with E-state index in [9.17, 15) is 9.59 Å². The van der Waals surface area contributed by atoms with Crippen LogP contribution in [0.2, 0.25) is 0 Å². The van der Waals surface area contributed by atoms with E-state index in [1.54, 1.807) is 6.07 Å². The number of carbonyl (C=O) groups excluding carboxylic acids is 2. The Kier molecular flexibility index (Phi) is 9.03. The lowest BCUT2D eigenvalue weighted by atomic mass is 10.0. The van der Waals surface area contributed by atoms with E-state index in [1.165, 1.54) is 25.7 Å². The highest BCUT2D eigenvalue weighted by Gasteiger charge is 2.16. The number of nitrogens with one attached hydrogen (secondary N) is 1. The van der Waals surface area contributed by atoms with Crippen LogP contribution in [0, 0.1) is 0 Å². The molecule has 5 nitrogen and oxygen atoms in total. The molecule has 1 aromatic heterocycles. The number of ether oxygens (including phenoxy) is 1. The second kappa shape index (κ2) is 12.8. The van der Waals surface area contributed by atoms with Gasteiger partial charge in [0.05, 0.1) is 12.3 Å². The maximum atomic E-state index is 12.7. The molecule has 0 unspecified atom stereocenters. The smallest absolute Gasteiger partial charge is 0.225 e. The molecule has 2 aromatic carbocycles. The molecule has 36 heavy (non-hydrogen) atoms. The number of benzene rings is 2. The first-order valence-electron chi connectivity index (χ1n) is 12.9. The fourth-order valence-corrected chi connectivity index (χ4v) is 4.31. The normalized spacial score (nSPS) is 12.4. The summed E-state index contributed by atoms with van der Waals surface area (Å²) in [6, 6.07) is 19.3. The molecular weight excluding hydrogens is 448 g/mol.